The van der Waals surface area contributed by atoms with Crippen molar-refractivity contribution in [3.63, 3.8) is 0 Å². The lowest BCUT2D eigenvalue weighted by Crippen LogP contribution is -2.04. The first-order valence-electron chi connectivity index (χ1n) is 8.01. The van der Waals surface area contributed by atoms with Gasteiger partial charge in [0, 0.05) is 0 Å². The molecule has 0 radical (unpaired) electrons. The van der Waals surface area contributed by atoms with Crippen LogP contribution in [-0.2, 0) is 6.18 Å². The minimum Gasteiger partial charge on any atom is -0.455 e. The number of fused-ring (bicyclic) bond motifs is 1. The van der Waals surface area contributed by atoms with Crippen LogP contribution in [0.25, 0.3) is 10.2 Å². The van der Waals surface area contributed by atoms with Crippen LogP contribution < -0.4 is 15.7 Å². The van der Waals surface area contributed by atoms with Crippen molar-refractivity contribution >= 4 is 33.3 Å². The van der Waals surface area contributed by atoms with Gasteiger partial charge in [0.25, 0.3) is 0 Å². The third kappa shape index (κ3) is 3.70. The molecular weight excluding hydrogens is 393 g/mol. The van der Waals surface area contributed by atoms with E-state index >= 15 is 0 Å². The van der Waals surface area contributed by atoms with Crippen LogP contribution in [0, 0.1) is 0 Å². The molecule has 4 rings (SSSR count). The molecule has 0 saturated carbocycles. The van der Waals surface area contributed by atoms with Gasteiger partial charge in [0.15, 0.2) is 5.75 Å². The number of anilines is 2. The predicted octanol–water partition coefficient (Wildman–Crippen LogP) is 5.80. The normalized spacial score (nSPS) is 11.5. The smallest absolute Gasteiger partial charge is 0.425 e. The molecular formula is C19H11F3N2O3S. The fourth-order valence-electron chi connectivity index (χ4n) is 2.45. The number of halogens is 3. The van der Waals surface area contributed by atoms with Gasteiger partial charge in [0.1, 0.15) is 15.5 Å². The SMILES string of the molecule is O=c1oc(Nc2ccccc2Oc2ccccc2)nc2sc(C(F)(F)F)cc12. The number of hydrogen-bond acceptors (Lipinski definition) is 6. The summed E-state index contributed by atoms with van der Waals surface area (Å²) < 4.78 is 49.5. The predicted molar refractivity (Wildman–Crippen MR) is 99.4 cm³/mol. The molecule has 2 aromatic heterocycles. The van der Waals surface area contributed by atoms with Crippen molar-refractivity contribution in [2.24, 2.45) is 0 Å². The van der Waals surface area contributed by atoms with E-state index in [0.29, 0.717) is 28.5 Å². The van der Waals surface area contributed by atoms with E-state index in [1.807, 2.05) is 18.2 Å². The van der Waals surface area contributed by atoms with Crippen LogP contribution >= 0.6 is 11.3 Å². The van der Waals surface area contributed by atoms with Gasteiger partial charge < -0.3 is 14.5 Å². The third-order valence-corrected chi connectivity index (χ3v) is 4.78. The molecule has 2 aromatic carbocycles. The van der Waals surface area contributed by atoms with E-state index in [1.165, 1.54) is 0 Å². The molecule has 4 aromatic rings. The second kappa shape index (κ2) is 7.01. The van der Waals surface area contributed by atoms with E-state index in [0.717, 1.165) is 6.07 Å². The summed E-state index contributed by atoms with van der Waals surface area (Å²) in [5.74, 6) is 1.02. The van der Waals surface area contributed by atoms with Gasteiger partial charge in [-0.15, -0.1) is 11.3 Å². The van der Waals surface area contributed by atoms with Crippen molar-refractivity contribution in [1.82, 2.24) is 4.98 Å². The Bertz CT molecular complexity index is 1190. The number of thiophene rings is 1. The Hall–Kier alpha value is -3.33. The van der Waals surface area contributed by atoms with Crippen molar-refractivity contribution in [3.05, 3.63) is 76.0 Å². The first-order valence-corrected chi connectivity index (χ1v) is 8.82. The minimum absolute atomic E-state index is 0.0625. The number of aromatic nitrogens is 1. The molecule has 2 heterocycles. The van der Waals surface area contributed by atoms with E-state index in [9.17, 15) is 18.0 Å². The highest BCUT2D eigenvalue weighted by Gasteiger charge is 2.33. The molecule has 28 heavy (non-hydrogen) atoms. The number of para-hydroxylation sites is 3. The summed E-state index contributed by atoms with van der Waals surface area (Å²) in [6, 6.07) is 16.4. The zero-order valence-electron chi connectivity index (χ0n) is 14.0. The molecule has 5 nitrogen and oxygen atoms in total. The molecule has 0 unspecified atom stereocenters. The summed E-state index contributed by atoms with van der Waals surface area (Å²) in [6.45, 7) is 0. The Morgan fingerprint density at radius 1 is 1.04 bits per heavy atom. The van der Waals surface area contributed by atoms with Crippen LogP contribution in [0.4, 0.5) is 24.9 Å². The second-order valence-electron chi connectivity index (χ2n) is 5.67. The van der Waals surface area contributed by atoms with E-state index in [2.05, 4.69) is 10.3 Å². The maximum Gasteiger partial charge on any atom is 0.425 e. The monoisotopic (exact) mass is 404 g/mol. The lowest BCUT2D eigenvalue weighted by atomic mass is 10.3. The Balaban J connectivity index is 1.68. The maximum absolute atomic E-state index is 12.9. The molecule has 0 spiro atoms. The van der Waals surface area contributed by atoms with Gasteiger partial charge >= 0.3 is 17.8 Å². The highest BCUT2D eigenvalue weighted by molar-refractivity contribution is 7.18. The largest absolute Gasteiger partial charge is 0.455 e. The molecule has 1 N–H and O–H groups in total. The molecule has 0 saturated heterocycles. The van der Waals surface area contributed by atoms with Crippen molar-refractivity contribution < 1.29 is 22.3 Å². The van der Waals surface area contributed by atoms with Gasteiger partial charge in [0.2, 0.25) is 0 Å². The Kier molecular flexibility index (Phi) is 4.52. The molecule has 0 fully saturated rings. The lowest BCUT2D eigenvalue weighted by molar-refractivity contribution is -0.134. The fraction of sp³-hybridized carbons (Fsp3) is 0.0526. The third-order valence-electron chi connectivity index (χ3n) is 3.70. The van der Waals surface area contributed by atoms with Crippen molar-refractivity contribution in [2.45, 2.75) is 6.18 Å². The lowest BCUT2D eigenvalue weighted by Gasteiger charge is -2.11. The zero-order valence-corrected chi connectivity index (χ0v) is 14.8. The minimum atomic E-state index is -4.55. The zero-order chi connectivity index (χ0) is 19.7. The topological polar surface area (TPSA) is 64.4 Å². The molecule has 0 aliphatic heterocycles. The summed E-state index contributed by atoms with van der Waals surface area (Å²) in [6.07, 6.45) is -4.55. The van der Waals surface area contributed by atoms with Gasteiger partial charge in [-0.05, 0) is 30.3 Å². The second-order valence-corrected chi connectivity index (χ2v) is 6.70. The van der Waals surface area contributed by atoms with Gasteiger partial charge in [-0.1, -0.05) is 30.3 Å². The number of benzene rings is 2. The van der Waals surface area contributed by atoms with Crippen LogP contribution in [0.5, 0.6) is 11.5 Å². The van der Waals surface area contributed by atoms with E-state index < -0.39 is 16.7 Å². The van der Waals surface area contributed by atoms with Crippen molar-refractivity contribution in [3.8, 4) is 11.5 Å². The molecule has 0 atom stereocenters. The fourth-order valence-corrected chi connectivity index (χ4v) is 3.33. The van der Waals surface area contributed by atoms with Crippen LogP contribution in [0.3, 0.4) is 0 Å². The van der Waals surface area contributed by atoms with Crippen LogP contribution in [-0.4, -0.2) is 4.98 Å². The van der Waals surface area contributed by atoms with Crippen molar-refractivity contribution in [2.75, 3.05) is 5.32 Å². The Morgan fingerprint density at radius 3 is 2.50 bits per heavy atom. The maximum atomic E-state index is 12.9. The molecule has 0 amide bonds. The first kappa shape index (κ1) is 18.1. The van der Waals surface area contributed by atoms with E-state index in [1.54, 1.807) is 36.4 Å². The highest BCUT2D eigenvalue weighted by atomic mass is 32.1. The molecule has 9 heteroatoms. The average Bonchev–Trinajstić information content (AvgIpc) is 3.10. The number of nitrogens with one attached hydrogen (secondary N) is 1. The highest BCUT2D eigenvalue weighted by Crippen LogP contribution is 2.37. The van der Waals surface area contributed by atoms with E-state index in [-0.39, 0.29) is 16.2 Å². The average molecular weight is 404 g/mol. The summed E-state index contributed by atoms with van der Waals surface area (Å²) >= 11 is 0.383. The van der Waals surface area contributed by atoms with E-state index in [4.69, 9.17) is 9.15 Å². The number of hydrogen-bond donors (Lipinski definition) is 1. The summed E-state index contributed by atoms with van der Waals surface area (Å²) in [7, 11) is 0. The van der Waals surface area contributed by atoms with Gasteiger partial charge in [-0.2, -0.15) is 18.2 Å². The summed E-state index contributed by atoms with van der Waals surface area (Å²) in [4.78, 5) is 15.1. The Labute approximate surface area is 160 Å². The molecule has 0 aliphatic rings. The number of rotatable bonds is 4. The molecule has 142 valence electrons. The quantitative estimate of drug-likeness (QED) is 0.465. The van der Waals surface area contributed by atoms with Crippen LogP contribution in [0.1, 0.15) is 4.88 Å². The first-order chi connectivity index (χ1) is 13.4. The summed E-state index contributed by atoms with van der Waals surface area (Å²) in [5, 5.41) is 2.58. The van der Waals surface area contributed by atoms with Crippen LogP contribution in [0.2, 0.25) is 0 Å². The van der Waals surface area contributed by atoms with Crippen LogP contribution in [0.15, 0.2) is 69.9 Å². The van der Waals surface area contributed by atoms with Crippen molar-refractivity contribution in [1.29, 1.82) is 0 Å². The standard InChI is InChI=1S/C19H11F3N2O3S/c20-19(21,22)15-10-12-16(28-15)24-18(27-17(12)25)23-13-8-4-5-9-14(13)26-11-6-2-1-3-7-11/h1-10H,(H,23,24). The molecule has 0 aliphatic carbocycles. The van der Waals surface area contributed by atoms with Gasteiger partial charge in [-0.25, -0.2) is 4.79 Å². The van der Waals surface area contributed by atoms with Gasteiger partial charge in [0.05, 0.1) is 11.1 Å². The Morgan fingerprint density at radius 2 is 1.75 bits per heavy atom. The number of ether oxygens (including phenoxy) is 1. The number of nitrogens with zero attached hydrogens (tertiary/aromatic N) is 1. The summed E-state index contributed by atoms with van der Waals surface area (Å²) in [5.41, 5.74) is -0.463. The number of alkyl halides is 3. The molecule has 0 bridgehead atoms. The van der Waals surface area contributed by atoms with Gasteiger partial charge in [-0.3, -0.25) is 0 Å².